The van der Waals surface area contributed by atoms with Crippen LogP contribution in [0.1, 0.15) is 18.1 Å². The highest BCUT2D eigenvalue weighted by Gasteiger charge is 2.32. The first-order chi connectivity index (χ1) is 13.5. The van der Waals surface area contributed by atoms with Gasteiger partial charge in [0.15, 0.2) is 6.04 Å². The molecule has 0 aromatic heterocycles. The summed E-state index contributed by atoms with van der Waals surface area (Å²) >= 11 is 0. The van der Waals surface area contributed by atoms with Gasteiger partial charge in [-0.05, 0) is 18.1 Å². The van der Waals surface area contributed by atoms with Crippen molar-refractivity contribution >= 4 is 18.2 Å². The fraction of sp³-hybridized carbons (Fsp3) is 0.250. The van der Waals surface area contributed by atoms with E-state index in [2.05, 4.69) is 4.74 Å². The summed E-state index contributed by atoms with van der Waals surface area (Å²) in [6.45, 7) is 1.21. The molecule has 0 aliphatic heterocycles. The Morgan fingerprint density at radius 3 is 1.86 bits per heavy atom. The highest BCUT2D eigenvalue weighted by atomic mass is 16.8. The first kappa shape index (κ1) is 20.8. The Hall–Kier alpha value is -3.55. The number of ether oxygens (including phenoxy) is 3. The third kappa shape index (κ3) is 6.31. The summed E-state index contributed by atoms with van der Waals surface area (Å²) in [7, 11) is 1.15. The smallest absolute Gasteiger partial charge is 0.467 e. The molecule has 2 rings (SSSR count). The molecule has 0 fully saturated rings. The fourth-order valence-corrected chi connectivity index (χ4v) is 2.15. The molecular weight excluding hydrogens is 366 g/mol. The average Bonchev–Trinajstić information content (AvgIpc) is 2.74. The van der Waals surface area contributed by atoms with Crippen molar-refractivity contribution in [1.29, 1.82) is 0 Å². The number of benzene rings is 2. The molecule has 0 aliphatic rings. The van der Waals surface area contributed by atoms with E-state index in [9.17, 15) is 14.4 Å². The van der Waals surface area contributed by atoms with E-state index < -0.39 is 24.3 Å². The maximum absolute atomic E-state index is 12.4. The number of nitrogens with zero attached hydrogens (tertiary/aromatic N) is 1. The predicted octanol–water partition coefficient (Wildman–Crippen LogP) is 3.46. The second-order valence-electron chi connectivity index (χ2n) is 5.68. The van der Waals surface area contributed by atoms with Gasteiger partial charge in [0, 0.05) is 0 Å². The number of hydroxylamine groups is 2. The van der Waals surface area contributed by atoms with Crippen molar-refractivity contribution in [1.82, 2.24) is 5.06 Å². The van der Waals surface area contributed by atoms with Crippen LogP contribution in [0.4, 0.5) is 9.59 Å². The van der Waals surface area contributed by atoms with Crippen LogP contribution in [0.5, 0.6) is 0 Å². The van der Waals surface area contributed by atoms with Crippen molar-refractivity contribution in [2.45, 2.75) is 26.2 Å². The minimum absolute atomic E-state index is 0.0564. The molecule has 148 valence electrons. The van der Waals surface area contributed by atoms with Crippen LogP contribution in [0.15, 0.2) is 60.7 Å². The summed E-state index contributed by atoms with van der Waals surface area (Å²) in [5, 5.41) is 0.488. The van der Waals surface area contributed by atoms with Gasteiger partial charge in [-0.1, -0.05) is 60.7 Å². The third-order valence-electron chi connectivity index (χ3n) is 3.65. The number of methoxy groups -OCH3 is 1. The van der Waals surface area contributed by atoms with Crippen LogP contribution in [0.2, 0.25) is 0 Å². The van der Waals surface area contributed by atoms with E-state index in [4.69, 9.17) is 14.3 Å². The molecule has 0 heterocycles. The molecular formula is C20H21NO7. The fourth-order valence-electron chi connectivity index (χ4n) is 2.15. The van der Waals surface area contributed by atoms with Crippen molar-refractivity contribution in [3.05, 3.63) is 71.8 Å². The van der Waals surface area contributed by atoms with Gasteiger partial charge in [-0.3, -0.25) is 4.84 Å². The molecule has 0 unspecified atom stereocenters. The Morgan fingerprint density at radius 2 is 1.36 bits per heavy atom. The van der Waals surface area contributed by atoms with Gasteiger partial charge in [0.05, 0.1) is 7.11 Å². The summed E-state index contributed by atoms with van der Waals surface area (Å²) in [6, 6.07) is 16.6. The maximum Gasteiger partial charge on any atom is 0.533 e. The SMILES string of the molecule is COC(=O)[C@@H](C)N(OC(=O)OCc1ccccc1)C(=O)OCc1ccccc1. The Morgan fingerprint density at radius 1 is 0.857 bits per heavy atom. The lowest BCUT2D eigenvalue weighted by atomic mass is 10.2. The van der Waals surface area contributed by atoms with Gasteiger partial charge >= 0.3 is 18.2 Å². The van der Waals surface area contributed by atoms with E-state index in [0.717, 1.165) is 18.2 Å². The zero-order valence-corrected chi connectivity index (χ0v) is 15.6. The third-order valence-corrected chi connectivity index (χ3v) is 3.65. The zero-order chi connectivity index (χ0) is 20.4. The first-order valence-electron chi connectivity index (χ1n) is 8.47. The van der Waals surface area contributed by atoms with Gasteiger partial charge in [-0.25, -0.2) is 14.4 Å². The second kappa shape index (κ2) is 10.6. The lowest BCUT2D eigenvalue weighted by molar-refractivity contribution is -0.169. The maximum atomic E-state index is 12.4. The highest BCUT2D eigenvalue weighted by molar-refractivity contribution is 5.81. The topological polar surface area (TPSA) is 91.4 Å². The summed E-state index contributed by atoms with van der Waals surface area (Å²) < 4.78 is 14.7. The summed E-state index contributed by atoms with van der Waals surface area (Å²) in [6.07, 6.45) is -2.19. The van der Waals surface area contributed by atoms with E-state index in [1.807, 2.05) is 12.1 Å². The normalized spacial score (nSPS) is 11.1. The summed E-state index contributed by atoms with van der Waals surface area (Å²) in [4.78, 5) is 41.0. The molecule has 1 atom stereocenters. The number of rotatable bonds is 6. The predicted molar refractivity (Wildman–Crippen MR) is 97.7 cm³/mol. The molecule has 8 nitrogen and oxygen atoms in total. The van der Waals surface area contributed by atoms with Crippen molar-refractivity contribution < 1.29 is 33.4 Å². The Kier molecular flexibility index (Phi) is 7.83. The minimum atomic E-state index is -1.22. The monoisotopic (exact) mass is 387 g/mol. The van der Waals surface area contributed by atoms with E-state index in [1.165, 1.54) is 6.92 Å². The van der Waals surface area contributed by atoms with E-state index >= 15 is 0 Å². The molecule has 0 spiro atoms. The molecule has 0 saturated carbocycles. The van der Waals surface area contributed by atoms with Crippen molar-refractivity contribution in [3.8, 4) is 0 Å². The Labute approximate surface area is 162 Å². The van der Waals surface area contributed by atoms with E-state index in [0.29, 0.717) is 5.06 Å². The molecule has 2 aromatic rings. The number of hydrogen-bond acceptors (Lipinski definition) is 7. The molecule has 0 N–H and O–H groups in total. The highest BCUT2D eigenvalue weighted by Crippen LogP contribution is 2.10. The van der Waals surface area contributed by atoms with E-state index in [1.54, 1.807) is 48.5 Å². The number of carbonyl (C=O) groups is 3. The van der Waals surface area contributed by atoms with Crippen LogP contribution in [-0.4, -0.2) is 36.4 Å². The molecule has 0 bridgehead atoms. The summed E-state index contributed by atoms with van der Waals surface area (Å²) in [5.41, 5.74) is 1.46. The first-order valence-corrected chi connectivity index (χ1v) is 8.47. The van der Waals surface area contributed by atoms with Crippen LogP contribution in [-0.2, 0) is 37.1 Å². The number of carbonyl (C=O) groups excluding carboxylic acids is 3. The number of amides is 1. The number of hydrogen-bond donors (Lipinski definition) is 0. The largest absolute Gasteiger partial charge is 0.533 e. The zero-order valence-electron chi connectivity index (χ0n) is 15.6. The lowest BCUT2D eigenvalue weighted by Gasteiger charge is -2.24. The molecule has 1 amide bonds. The number of esters is 1. The van der Waals surface area contributed by atoms with Gasteiger partial charge in [-0.2, -0.15) is 0 Å². The van der Waals surface area contributed by atoms with Crippen LogP contribution < -0.4 is 0 Å². The van der Waals surface area contributed by atoms with Crippen LogP contribution in [0.3, 0.4) is 0 Å². The van der Waals surface area contributed by atoms with Crippen LogP contribution in [0, 0.1) is 0 Å². The van der Waals surface area contributed by atoms with Crippen molar-refractivity contribution in [2.75, 3.05) is 7.11 Å². The Balaban J connectivity index is 1.98. The lowest BCUT2D eigenvalue weighted by Crippen LogP contribution is -2.45. The van der Waals surface area contributed by atoms with Gasteiger partial charge < -0.3 is 14.2 Å². The van der Waals surface area contributed by atoms with Crippen LogP contribution in [0.25, 0.3) is 0 Å². The Bertz CT molecular complexity index is 780. The van der Waals surface area contributed by atoms with Crippen molar-refractivity contribution in [2.24, 2.45) is 0 Å². The van der Waals surface area contributed by atoms with Gasteiger partial charge in [0.25, 0.3) is 0 Å². The standard InChI is InChI=1S/C20H21NO7/c1-15(18(22)25-2)21(19(23)26-13-16-9-5-3-6-10-16)28-20(24)27-14-17-11-7-4-8-12-17/h3-12,15H,13-14H2,1-2H3/t15-/m1/s1. The molecule has 2 aromatic carbocycles. The molecule has 0 saturated heterocycles. The van der Waals surface area contributed by atoms with Gasteiger partial charge in [0.1, 0.15) is 13.2 Å². The van der Waals surface area contributed by atoms with E-state index in [-0.39, 0.29) is 13.2 Å². The molecule has 28 heavy (non-hydrogen) atoms. The average molecular weight is 387 g/mol. The summed E-state index contributed by atoms with van der Waals surface area (Å²) in [5.74, 6) is -0.785. The molecule has 0 aliphatic carbocycles. The quantitative estimate of drug-likeness (QED) is 0.426. The van der Waals surface area contributed by atoms with Gasteiger partial charge in [-0.15, -0.1) is 5.06 Å². The minimum Gasteiger partial charge on any atom is -0.467 e. The molecule has 8 heteroatoms. The molecule has 0 radical (unpaired) electrons. The van der Waals surface area contributed by atoms with Crippen LogP contribution >= 0.6 is 0 Å². The van der Waals surface area contributed by atoms with Crippen molar-refractivity contribution in [3.63, 3.8) is 0 Å². The van der Waals surface area contributed by atoms with Gasteiger partial charge in [0.2, 0.25) is 0 Å². The second-order valence-corrected chi connectivity index (χ2v) is 5.68.